The van der Waals surface area contributed by atoms with Gasteiger partial charge < -0.3 is 10.1 Å². The Hall–Kier alpha value is -1.36. The molecule has 0 saturated carbocycles. The minimum atomic E-state index is -0.340. The number of H-pyrrole nitrogens is 1. The lowest BCUT2D eigenvalue weighted by Crippen LogP contribution is -2.26. The summed E-state index contributed by atoms with van der Waals surface area (Å²) in [5, 5.41) is 9.98. The lowest BCUT2D eigenvalue weighted by atomic mass is 10.1. The highest BCUT2D eigenvalue weighted by molar-refractivity contribution is 5.88. The van der Waals surface area contributed by atoms with Gasteiger partial charge in [0.2, 0.25) is 0 Å². The second-order valence-electron chi connectivity index (χ2n) is 4.41. The highest BCUT2D eigenvalue weighted by Crippen LogP contribution is 2.08. The number of aromatic nitrogens is 2. The monoisotopic (exact) mass is 253 g/mol. The zero-order valence-electron chi connectivity index (χ0n) is 11.5. The Kier molecular flexibility index (Phi) is 6.43. The van der Waals surface area contributed by atoms with Crippen LogP contribution in [0.15, 0.2) is 6.20 Å². The molecule has 2 N–H and O–H groups in total. The fourth-order valence-corrected chi connectivity index (χ4v) is 1.72. The molecule has 0 spiro atoms. The van der Waals surface area contributed by atoms with Gasteiger partial charge in [-0.3, -0.25) is 5.10 Å². The van der Waals surface area contributed by atoms with Crippen LogP contribution in [0.3, 0.4) is 0 Å². The van der Waals surface area contributed by atoms with Gasteiger partial charge in [0.25, 0.3) is 0 Å². The van der Waals surface area contributed by atoms with Gasteiger partial charge in [0, 0.05) is 18.2 Å². The van der Waals surface area contributed by atoms with Gasteiger partial charge in [0.1, 0.15) is 5.69 Å². The van der Waals surface area contributed by atoms with Crippen LogP contribution in [0.4, 0.5) is 0 Å². The van der Waals surface area contributed by atoms with Crippen LogP contribution in [0.5, 0.6) is 0 Å². The molecule has 0 aliphatic rings. The topological polar surface area (TPSA) is 67.0 Å². The van der Waals surface area contributed by atoms with Crippen LogP contribution in [0.2, 0.25) is 0 Å². The summed E-state index contributed by atoms with van der Waals surface area (Å²) in [6.07, 6.45) is 5.23. The fraction of sp³-hybridized carbons (Fsp3) is 0.692. The molecule has 0 aliphatic carbocycles. The normalized spacial score (nSPS) is 12.4. The van der Waals surface area contributed by atoms with Crippen molar-refractivity contribution in [2.45, 2.75) is 52.6 Å². The molecule has 0 aliphatic heterocycles. The molecule has 1 unspecified atom stereocenters. The first-order valence-corrected chi connectivity index (χ1v) is 6.61. The zero-order valence-corrected chi connectivity index (χ0v) is 11.5. The van der Waals surface area contributed by atoms with Crippen molar-refractivity contribution >= 4 is 5.97 Å². The Morgan fingerprint density at radius 2 is 2.33 bits per heavy atom. The molecule has 1 heterocycles. The number of esters is 1. The standard InChI is InChI=1S/C13H23N3O2/c1-4-6-7-10(3)14-8-11-9-15-16-12(11)13(17)18-5-2/h9-10,14H,4-8H2,1-3H3,(H,15,16). The number of rotatable bonds is 8. The number of carbonyl (C=O) groups is 1. The number of ether oxygens (including phenoxy) is 1. The molecule has 1 rings (SSSR count). The van der Waals surface area contributed by atoms with E-state index in [1.807, 2.05) is 0 Å². The van der Waals surface area contributed by atoms with E-state index in [-0.39, 0.29) is 5.97 Å². The number of nitrogens with one attached hydrogen (secondary N) is 2. The number of hydrogen-bond acceptors (Lipinski definition) is 4. The van der Waals surface area contributed by atoms with Crippen molar-refractivity contribution in [3.8, 4) is 0 Å². The molecule has 5 nitrogen and oxygen atoms in total. The third-order valence-corrected chi connectivity index (χ3v) is 2.83. The maximum absolute atomic E-state index is 11.6. The molecular formula is C13H23N3O2. The van der Waals surface area contributed by atoms with Crippen LogP contribution >= 0.6 is 0 Å². The van der Waals surface area contributed by atoms with E-state index in [0.717, 1.165) is 12.0 Å². The molecule has 0 bridgehead atoms. The van der Waals surface area contributed by atoms with Crippen molar-refractivity contribution in [3.63, 3.8) is 0 Å². The van der Waals surface area contributed by atoms with Gasteiger partial charge >= 0.3 is 5.97 Å². The minimum absolute atomic E-state index is 0.340. The Balaban J connectivity index is 2.47. The molecule has 0 radical (unpaired) electrons. The fourth-order valence-electron chi connectivity index (χ4n) is 1.72. The first-order chi connectivity index (χ1) is 8.69. The predicted octanol–water partition coefficient (Wildman–Crippen LogP) is 2.25. The van der Waals surface area contributed by atoms with Crippen LogP contribution in [0, 0.1) is 0 Å². The van der Waals surface area contributed by atoms with Crippen molar-refractivity contribution in [3.05, 3.63) is 17.5 Å². The van der Waals surface area contributed by atoms with Crippen LogP contribution in [0.1, 0.15) is 56.1 Å². The molecule has 1 atom stereocenters. The molecule has 1 aromatic rings. The van der Waals surface area contributed by atoms with Gasteiger partial charge in [0.05, 0.1) is 12.8 Å². The van der Waals surface area contributed by atoms with Gasteiger partial charge in [-0.05, 0) is 20.3 Å². The average Bonchev–Trinajstić information content (AvgIpc) is 2.82. The zero-order chi connectivity index (χ0) is 13.4. The van der Waals surface area contributed by atoms with E-state index in [2.05, 4.69) is 29.4 Å². The molecule has 0 fully saturated rings. The summed E-state index contributed by atoms with van der Waals surface area (Å²) in [6, 6.07) is 0.440. The van der Waals surface area contributed by atoms with Gasteiger partial charge in [-0.25, -0.2) is 4.79 Å². The van der Waals surface area contributed by atoms with Crippen LogP contribution < -0.4 is 5.32 Å². The lowest BCUT2D eigenvalue weighted by Gasteiger charge is -2.12. The van der Waals surface area contributed by atoms with E-state index >= 15 is 0 Å². The van der Waals surface area contributed by atoms with Gasteiger partial charge in [-0.1, -0.05) is 19.8 Å². The summed E-state index contributed by atoms with van der Waals surface area (Å²) in [4.78, 5) is 11.6. The summed E-state index contributed by atoms with van der Waals surface area (Å²) in [5.41, 5.74) is 1.31. The smallest absolute Gasteiger partial charge is 0.356 e. The van der Waals surface area contributed by atoms with Crippen molar-refractivity contribution in [1.29, 1.82) is 0 Å². The second kappa shape index (κ2) is 7.87. The van der Waals surface area contributed by atoms with E-state index in [4.69, 9.17) is 4.74 Å². The van der Waals surface area contributed by atoms with E-state index in [1.165, 1.54) is 12.8 Å². The van der Waals surface area contributed by atoms with Crippen molar-refractivity contribution in [2.75, 3.05) is 6.61 Å². The predicted molar refractivity (Wildman–Crippen MR) is 70.4 cm³/mol. The maximum atomic E-state index is 11.6. The highest BCUT2D eigenvalue weighted by atomic mass is 16.5. The van der Waals surface area contributed by atoms with Crippen LogP contribution in [-0.4, -0.2) is 28.8 Å². The number of carbonyl (C=O) groups excluding carboxylic acids is 1. The number of nitrogens with zero attached hydrogens (tertiary/aromatic N) is 1. The molecule has 0 aromatic carbocycles. The first-order valence-electron chi connectivity index (χ1n) is 6.61. The van der Waals surface area contributed by atoms with E-state index in [9.17, 15) is 4.79 Å². The molecule has 1 aromatic heterocycles. The average molecular weight is 253 g/mol. The minimum Gasteiger partial charge on any atom is -0.461 e. The summed E-state index contributed by atoms with van der Waals surface area (Å²) in [7, 11) is 0. The van der Waals surface area contributed by atoms with Crippen molar-refractivity contribution < 1.29 is 9.53 Å². The van der Waals surface area contributed by atoms with E-state index in [0.29, 0.717) is 24.9 Å². The molecule has 18 heavy (non-hydrogen) atoms. The molecule has 0 amide bonds. The second-order valence-corrected chi connectivity index (χ2v) is 4.41. The summed E-state index contributed by atoms with van der Waals surface area (Å²) < 4.78 is 4.96. The molecule has 102 valence electrons. The highest BCUT2D eigenvalue weighted by Gasteiger charge is 2.15. The Labute approximate surface area is 108 Å². The number of aromatic amines is 1. The SMILES string of the molecule is CCCCC(C)NCc1cn[nH]c1C(=O)OCC. The Morgan fingerprint density at radius 3 is 3.00 bits per heavy atom. The van der Waals surface area contributed by atoms with Crippen molar-refractivity contribution in [1.82, 2.24) is 15.5 Å². The molecular weight excluding hydrogens is 230 g/mol. The third-order valence-electron chi connectivity index (χ3n) is 2.83. The van der Waals surface area contributed by atoms with Gasteiger partial charge in [0.15, 0.2) is 0 Å². The summed E-state index contributed by atoms with van der Waals surface area (Å²) >= 11 is 0. The maximum Gasteiger partial charge on any atom is 0.356 e. The lowest BCUT2D eigenvalue weighted by molar-refractivity contribution is 0.0518. The van der Waals surface area contributed by atoms with E-state index < -0.39 is 0 Å². The Bertz CT molecular complexity index is 363. The quantitative estimate of drug-likeness (QED) is 0.697. The number of hydrogen-bond donors (Lipinski definition) is 2. The summed E-state index contributed by atoms with van der Waals surface area (Å²) in [5.74, 6) is -0.340. The third kappa shape index (κ3) is 4.49. The summed E-state index contributed by atoms with van der Waals surface area (Å²) in [6.45, 7) is 7.13. The van der Waals surface area contributed by atoms with Crippen LogP contribution in [-0.2, 0) is 11.3 Å². The van der Waals surface area contributed by atoms with Gasteiger partial charge in [-0.2, -0.15) is 5.10 Å². The van der Waals surface area contributed by atoms with E-state index in [1.54, 1.807) is 13.1 Å². The van der Waals surface area contributed by atoms with Gasteiger partial charge in [-0.15, -0.1) is 0 Å². The van der Waals surface area contributed by atoms with Crippen molar-refractivity contribution in [2.24, 2.45) is 0 Å². The molecule has 0 saturated heterocycles. The van der Waals surface area contributed by atoms with Crippen LogP contribution in [0.25, 0.3) is 0 Å². The Morgan fingerprint density at radius 1 is 1.56 bits per heavy atom. The first kappa shape index (κ1) is 14.7. The molecule has 5 heteroatoms. The number of unbranched alkanes of at least 4 members (excludes halogenated alkanes) is 1. The largest absolute Gasteiger partial charge is 0.461 e.